The number of Topliss-reactive ketones (excluding diaryl/α,β-unsaturated/α-hetero) is 1. The van der Waals surface area contributed by atoms with Gasteiger partial charge >= 0.3 is 18.3 Å². The fraction of sp³-hybridized carbons (Fsp3) is 0.216. The number of nitrogens with zero attached hydrogens (tertiary/aromatic N) is 4. The lowest BCUT2D eigenvalue weighted by Gasteiger charge is -2.14. The molecule has 0 radical (unpaired) electrons. The molecule has 0 spiro atoms. The molecular weight excluding hydrogens is 891 g/mol. The first kappa shape index (κ1) is 48.1. The summed E-state index contributed by atoms with van der Waals surface area (Å²) in [5, 5.41) is 35.7. The van der Waals surface area contributed by atoms with Crippen molar-refractivity contribution in [1.82, 2.24) is 18.8 Å². The van der Waals surface area contributed by atoms with E-state index in [2.05, 4.69) is 20.6 Å². The minimum absolute atomic E-state index is 0.0291. The number of halogens is 6. The Kier molecular flexibility index (Phi) is 14.1. The third kappa shape index (κ3) is 11.1. The molecule has 11 nitrogen and oxygen atoms in total. The van der Waals surface area contributed by atoms with E-state index in [0.717, 1.165) is 17.5 Å². The van der Waals surface area contributed by atoms with Crippen molar-refractivity contribution in [3.63, 3.8) is 0 Å². The van der Waals surface area contributed by atoms with Crippen LogP contribution in [0.4, 0.5) is 37.7 Å². The van der Waals surface area contributed by atoms with Gasteiger partial charge in [-0.15, -0.1) is 0 Å². The number of hydrogen-bond donors (Lipinski definition) is 5. The number of fused-ring (bicyclic) bond motifs is 2. The molecule has 17 heteroatoms. The molecule has 0 aliphatic heterocycles. The van der Waals surface area contributed by atoms with Crippen LogP contribution in [0.3, 0.4) is 0 Å². The van der Waals surface area contributed by atoms with Crippen LogP contribution in [0.15, 0.2) is 122 Å². The number of hydrogen-bond acceptors (Lipinski definition) is 8. The van der Waals surface area contributed by atoms with Crippen molar-refractivity contribution >= 4 is 34.4 Å². The van der Waals surface area contributed by atoms with E-state index < -0.39 is 31.2 Å². The number of aromatic nitrogens is 4. The van der Waals surface area contributed by atoms with Gasteiger partial charge in [0, 0.05) is 70.8 Å². The molecule has 0 amide bonds. The molecule has 4 aromatic heterocycles. The monoisotopic (exact) mass is 936 g/mol. The van der Waals surface area contributed by atoms with Gasteiger partial charge in [-0.05, 0) is 73.9 Å². The second-order valence-electron chi connectivity index (χ2n) is 16.1. The number of carbonyl (C=O) groups is 2. The molecule has 0 saturated carbocycles. The number of nitrogens with one attached hydrogen (secondary N) is 2. The van der Waals surface area contributed by atoms with Crippen LogP contribution in [0.1, 0.15) is 64.4 Å². The number of carbonyl (C=O) groups excluding carboxylic acids is 1. The van der Waals surface area contributed by atoms with Gasteiger partial charge < -0.3 is 26.0 Å². The van der Waals surface area contributed by atoms with Crippen molar-refractivity contribution in [3.8, 4) is 56.3 Å². The summed E-state index contributed by atoms with van der Waals surface area (Å²) in [6.45, 7) is 4.89. The normalized spacial score (nSPS) is 11.7. The number of imidazole rings is 2. The molecule has 0 aliphatic rings. The molecule has 0 saturated heterocycles. The number of aromatic hydroxyl groups is 2. The fourth-order valence-electron chi connectivity index (χ4n) is 7.83. The predicted molar refractivity (Wildman–Crippen MR) is 249 cm³/mol. The average molecular weight is 937 g/mol. The van der Waals surface area contributed by atoms with E-state index >= 15 is 0 Å². The maximum absolute atomic E-state index is 12.8. The third-order valence-corrected chi connectivity index (χ3v) is 11.1. The number of anilines is 2. The van der Waals surface area contributed by atoms with Gasteiger partial charge in [-0.1, -0.05) is 61.5 Å². The van der Waals surface area contributed by atoms with Crippen molar-refractivity contribution in [2.45, 2.75) is 58.8 Å². The number of phenolic OH excluding ortho intramolecular Hbond substituents is 2. The Balaban J connectivity index is 0.000000202. The summed E-state index contributed by atoms with van der Waals surface area (Å²) in [6.07, 6.45) is -2.57. The highest BCUT2D eigenvalue weighted by atomic mass is 19.4. The van der Waals surface area contributed by atoms with Gasteiger partial charge in [-0.3, -0.25) is 13.6 Å². The molecular formula is C51H46F6N6O5. The van der Waals surface area contributed by atoms with Crippen molar-refractivity contribution in [2.75, 3.05) is 23.7 Å². The van der Waals surface area contributed by atoms with E-state index in [0.29, 0.717) is 79.4 Å². The second kappa shape index (κ2) is 20.0. The summed E-state index contributed by atoms with van der Waals surface area (Å²) in [4.78, 5) is 32.6. The quantitative estimate of drug-likeness (QED) is 0.0530. The lowest BCUT2D eigenvalue weighted by Crippen LogP contribution is -2.15. The number of alkyl halides is 6. The first-order valence-electron chi connectivity index (χ1n) is 21.5. The zero-order valence-corrected chi connectivity index (χ0v) is 37.0. The molecule has 8 rings (SSSR count). The van der Waals surface area contributed by atoms with Gasteiger partial charge in [-0.2, -0.15) is 26.3 Å². The molecule has 0 aliphatic carbocycles. The molecule has 0 unspecified atom stereocenters. The predicted octanol–water partition coefficient (Wildman–Crippen LogP) is 12.8. The first-order chi connectivity index (χ1) is 32.3. The Labute approximate surface area is 386 Å². The SMILES string of the molecule is CCCC(=O)c1ccc(-c2cnc3c(NCCC(F)(F)F)cc(-c4ccccc4O)cn23)cc1C.Cc1cc(-c2cnc3c(NCCC(F)(F)F)cc(-c4ccccc4O)cn23)ccc1C(=O)O. The highest BCUT2D eigenvalue weighted by molar-refractivity contribution is 5.98. The Morgan fingerprint density at radius 3 is 1.41 bits per heavy atom. The zero-order chi connectivity index (χ0) is 48.9. The van der Waals surface area contributed by atoms with E-state index in [1.54, 1.807) is 113 Å². The van der Waals surface area contributed by atoms with Crippen LogP contribution in [-0.4, -0.2) is 71.3 Å². The van der Waals surface area contributed by atoms with Crippen LogP contribution >= 0.6 is 0 Å². The highest BCUT2D eigenvalue weighted by Crippen LogP contribution is 2.37. The number of rotatable bonds is 14. The van der Waals surface area contributed by atoms with Crippen LogP contribution in [0, 0.1) is 13.8 Å². The molecule has 4 aromatic carbocycles. The maximum atomic E-state index is 12.8. The number of carboxylic acids is 1. The van der Waals surface area contributed by atoms with Gasteiger partial charge in [0.1, 0.15) is 11.5 Å². The number of aryl methyl sites for hydroxylation is 2. The molecule has 8 aromatic rings. The Bertz CT molecular complexity index is 3140. The Hall–Kier alpha value is -7.82. The van der Waals surface area contributed by atoms with E-state index in [1.165, 1.54) is 12.1 Å². The van der Waals surface area contributed by atoms with Crippen molar-refractivity contribution in [3.05, 3.63) is 144 Å². The zero-order valence-electron chi connectivity index (χ0n) is 37.0. The minimum Gasteiger partial charge on any atom is -0.507 e. The Morgan fingerprint density at radius 1 is 0.603 bits per heavy atom. The number of phenols is 2. The average Bonchev–Trinajstić information content (AvgIpc) is 3.91. The van der Waals surface area contributed by atoms with Crippen LogP contribution in [0.25, 0.3) is 56.1 Å². The lowest BCUT2D eigenvalue weighted by atomic mass is 9.98. The number of aromatic carboxylic acids is 1. The summed E-state index contributed by atoms with van der Waals surface area (Å²) >= 11 is 0. The largest absolute Gasteiger partial charge is 0.507 e. The van der Waals surface area contributed by atoms with Gasteiger partial charge in [0.25, 0.3) is 0 Å². The summed E-state index contributed by atoms with van der Waals surface area (Å²) in [7, 11) is 0. The number of ketones is 1. The molecule has 0 fully saturated rings. The molecule has 0 bridgehead atoms. The van der Waals surface area contributed by atoms with Crippen LogP contribution in [-0.2, 0) is 0 Å². The van der Waals surface area contributed by atoms with Gasteiger partial charge in [0.15, 0.2) is 17.1 Å². The third-order valence-electron chi connectivity index (χ3n) is 11.1. The molecule has 5 N–H and O–H groups in total. The molecule has 68 heavy (non-hydrogen) atoms. The molecule has 0 atom stereocenters. The fourth-order valence-corrected chi connectivity index (χ4v) is 7.83. The van der Waals surface area contributed by atoms with Crippen LogP contribution < -0.4 is 10.6 Å². The lowest BCUT2D eigenvalue weighted by molar-refractivity contribution is -0.132. The summed E-state index contributed by atoms with van der Waals surface area (Å²) in [5.41, 5.74) is 9.05. The van der Waals surface area contributed by atoms with Crippen molar-refractivity contribution < 1.29 is 51.3 Å². The Morgan fingerprint density at radius 2 is 1.03 bits per heavy atom. The number of benzene rings is 4. The smallest absolute Gasteiger partial charge is 0.390 e. The summed E-state index contributed by atoms with van der Waals surface area (Å²) in [5.74, 6) is -0.853. The van der Waals surface area contributed by atoms with Gasteiger partial charge in [-0.25, -0.2) is 14.8 Å². The topological polar surface area (TPSA) is 153 Å². The van der Waals surface area contributed by atoms with E-state index in [-0.39, 0.29) is 35.9 Å². The highest BCUT2D eigenvalue weighted by Gasteiger charge is 2.28. The van der Waals surface area contributed by atoms with Gasteiger partial charge in [0.2, 0.25) is 0 Å². The van der Waals surface area contributed by atoms with Gasteiger partial charge in [0.05, 0.1) is 53.6 Å². The van der Waals surface area contributed by atoms with Crippen molar-refractivity contribution in [2.24, 2.45) is 0 Å². The number of para-hydroxylation sites is 2. The summed E-state index contributed by atoms with van der Waals surface area (Å²) < 4.78 is 79.8. The van der Waals surface area contributed by atoms with E-state index in [1.807, 2.05) is 26.0 Å². The van der Waals surface area contributed by atoms with Crippen LogP contribution in [0.2, 0.25) is 0 Å². The van der Waals surface area contributed by atoms with E-state index in [9.17, 15) is 51.3 Å². The standard InChI is InChI=1S/C27H26F3N3O2.C24H20F3N3O3/c1-3-6-24(34)20-10-9-18(13-17(20)2)23-15-32-26-22(31-12-11-27(28,29)30)14-19(16-33(23)26)21-7-4-5-8-25(21)35;1-14-10-15(6-7-17(14)23(32)33)20-12-29-22-19(28-9-8-24(25,26)27)11-16(13-30(20)22)18-4-2-3-5-21(18)31/h4-5,7-10,13-16,31,35H,3,6,11-12H2,1-2H3;2-7,10-13,28,31H,8-9H2,1H3,(H,32,33). The van der Waals surface area contributed by atoms with Crippen LogP contribution in [0.5, 0.6) is 11.5 Å². The molecule has 4 heterocycles. The number of pyridine rings is 2. The second-order valence-corrected chi connectivity index (χ2v) is 16.1. The first-order valence-corrected chi connectivity index (χ1v) is 21.5. The number of carboxylic acid groups (broad SMARTS) is 1. The van der Waals surface area contributed by atoms with E-state index in [4.69, 9.17) is 0 Å². The van der Waals surface area contributed by atoms with Crippen molar-refractivity contribution in [1.29, 1.82) is 0 Å². The molecule has 352 valence electrons. The maximum Gasteiger partial charge on any atom is 0.390 e. The summed E-state index contributed by atoms with van der Waals surface area (Å²) in [6, 6.07) is 27.2. The minimum atomic E-state index is -4.30.